The molecule has 1 fully saturated rings. The zero-order valence-corrected chi connectivity index (χ0v) is 8.92. The summed E-state index contributed by atoms with van der Waals surface area (Å²) >= 11 is 0. The van der Waals surface area contributed by atoms with Crippen molar-refractivity contribution in [2.45, 2.75) is 0 Å². The number of rotatable bonds is 3. The molecule has 0 spiro atoms. The van der Waals surface area contributed by atoms with E-state index in [2.05, 4.69) is 9.47 Å². The van der Waals surface area contributed by atoms with Crippen LogP contribution in [0.25, 0.3) is 0 Å². The van der Waals surface area contributed by atoms with Gasteiger partial charge in [-0.05, 0) is 18.2 Å². The normalized spacial score (nSPS) is 16.5. The van der Waals surface area contributed by atoms with E-state index in [0.717, 1.165) is 0 Å². The average Bonchev–Trinajstić information content (AvgIpc) is 2.76. The Labute approximate surface area is 97.6 Å². The lowest BCUT2D eigenvalue weighted by atomic mass is 10.2. The fourth-order valence-corrected chi connectivity index (χ4v) is 1.26. The predicted octanol–water partition coefficient (Wildman–Crippen LogP) is 1.89. The van der Waals surface area contributed by atoms with E-state index in [1.54, 1.807) is 24.3 Å². The first-order valence-electron chi connectivity index (χ1n) is 5.01. The second-order valence-electron chi connectivity index (χ2n) is 3.28. The summed E-state index contributed by atoms with van der Waals surface area (Å²) in [6.07, 6.45) is 0.761. The van der Waals surface area contributed by atoms with E-state index in [4.69, 9.17) is 4.74 Å². The maximum Gasteiger partial charge on any atom is 0.514 e. The van der Waals surface area contributed by atoms with Crippen molar-refractivity contribution < 1.29 is 23.8 Å². The van der Waals surface area contributed by atoms with Crippen molar-refractivity contribution >= 4 is 12.1 Å². The van der Waals surface area contributed by atoms with Crippen molar-refractivity contribution in [1.29, 1.82) is 0 Å². The van der Waals surface area contributed by atoms with Gasteiger partial charge in [-0.2, -0.15) is 0 Å². The molecule has 2 rings (SSSR count). The summed E-state index contributed by atoms with van der Waals surface area (Å²) in [5, 5.41) is 0. The van der Waals surface area contributed by atoms with Gasteiger partial charge in [-0.15, -0.1) is 0 Å². The highest BCUT2D eigenvalue weighted by Crippen LogP contribution is 2.09. The van der Waals surface area contributed by atoms with E-state index in [0.29, 0.717) is 11.3 Å². The van der Waals surface area contributed by atoms with Crippen molar-refractivity contribution in [3.8, 4) is 0 Å². The van der Waals surface area contributed by atoms with Gasteiger partial charge in [0.2, 0.25) is 0 Å². The molecule has 0 bridgehead atoms. The Kier molecular flexibility index (Phi) is 3.40. The zero-order valence-electron chi connectivity index (χ0n) is 8.92. The molecule has 0 aliphatic carbocycles. The monoisotopic (exact) mass is 234 g/mol. The lowest BCUT2D eigenvalue weighted by Crippen LogP contribution is -2.05. The Balaban J connectivity index is 1.83. The maximum absolute atomic E-state index is 11.5. The molecule has 1 heterocycles. The summed E-state index contributed by atoms with van der Waals surface area (Å²) in [7, 11) is 0. The molecule has 5 nitrogen and oxygen atoms in total. The first-order valence-corrected chi connectivity index (χ1v) is 5.01. The van der Waals surface area contributed by atoms with Crippen LogP contribution in [0.4, 0.5) is 4.79 Å². The highest BCUT2D eigenvalue weighted by atomic mass is 16.8. The Morgan fingerprint density at radius 3 is 2.76 bits per heavy atom. The summed E-state index contributed by atoms with van der Waals surface area (Å²) in [4.78, 5) is 22.1. The molecule has 1 aliphatic heterocycles. The SMILES string of the molecule is O=C1OC/C(=C/COC(=O)c2ccccc2)O1. The van der Waals surface area contributed by atoms with Crippen LogP contribution in [0.3, 0.4) is 0 Å². The van der Waals surface area contributed by atoms with Crippen LogP contribution in [-0.4, -0.2) is 25.3 Å². The van der Waals surface area contributed by atoms with Gasteiger partial charge in [0.25, 0.3) is 0 Å². The minimum Gasteiger partial charge on any atom is -0.458 e. The number of carbonyl (C=O) groups excluding carboxylic acids is 2. The average molecular weight is 234 g/mol. The van der Waals surface area contributed by atoms with Crippen LogP contribution in [0.1, 0.15) is 10.4 Å². The predicted molar refractivity (Wildman–Crippen MR) is 57.2 cm³/mol. The molecule has 0 atom stereocenters. The van der Waals surface area contributed by atoms with E-state index in [1.807, 2.05) is 6.07 Å². The number of esters is 1. The third kappa shape index (κ3) is 3.07. The van der Waals surface area contributed by atoms with E-state index >= 15 is 0 Å². The lowest BCUT2D eigenvalue weighted by molar-refractivity contribution is 0.0547. The number of cyclic esters (lactones) is 2. The molecule has 5 heteroatoms. The molecule has 0 amide bonds. The van der Waals surface area contributed by atoms with Crippen LogP contribution in [0, 0.1) is 0 Å². The van der Waals surface area contributed by atoms with Crippen LogP contribution in [0.2, 0.25) is 0 Å². The van der Waals surface area contributed by atoms with E-state index in [9.17, 15) is 9.59 Å². The van der Waals surface area contributed by atoms with Gasteiger partial charge in [-0.1, -0.05) is 18.2 Å². The molecule has 0 N–H and O–H groups in total. The zero-order chi connectivity index (χ0) is 12.1. The molecule has 1 saturated heterocycles. The Bertz CT molecular complexity index is 449. The van der Waals surface area contributed by atoms with Gasteiger partial charge in [0.15, 0.2) is 6.61 Å². The highest BCUT2D eigenvalue weighted by Gasteiger charge is 2.18. The standard InChI is InChI=1S/C12H10O5/c13-11(9-4-2-1-3-5-9)15-7-6-10-8-16-12(14)17-10/h1-6H,7-8H2/b10-6-. The summed E-state index contributed by atoms with van der Waals surface area (Å²) in [6.45, 7) is 0.126. The number of benzene rings is 1. The van der Waals surface area contributed by atoms with Crippen LogP contribution in [0.5, 0.6) is 0 Å². The second-order valence-corrected chi connectivity index (χ2v) is 3.28. The Morgan fingerprint density at radius 2 is 2.12 bits per heavy atom. The van der Waals surface area contributed by atoms with Gasteiger partial charge < -0.3 is 14.2 Å². The molecule has 0 unspecified atom stereocenters. The topological polar surface area (TPSA) is 61.8 Å². The highest BCUT2D eigenvalue weighted by molar-refractivity contribution is 5.89. The molecule has 1 aromatic carbocycles. The largest absolute Gasteiger partial charge is 0.514 e. The van der Waals surface area contributed by atoms with Gasteiger partial charge in [-0.25, -0.2) is 9.59 Å². The van der Waals surface area contributed by atoms with Gasteiger partial charge in [0.1, 0.15) is 12.4 Å². The molecular formula is C12H10O5. The van der Waals surface area contributed by atoms with Gasteiger partial charge >= 0.3 is 12.1 Å². The number of carbonyl (C=O) groups is 2. The van der Waals surface area contributed by atoms with E-state index < -0.39 is 12.1 Å². The Hall–Kier alpha value is -2.30. The van der Waals surface area contributed by atoms with Crippen LogP contribution in [0.15, 0.2) is 42.2 Å². The number of hydrogen-bond donors (Lipinski definition) is 0. The fourth-order valence-electron chi connectivity index (χ4n) is 1.26. The van der Waals surface area contributed by atoms with Crippen LogP contribution >= 0.6 is 0 Å². The van der Waals surface area contributed by atoms with Crippen LogP contribution < -0.4 is 0 Å². The minimum absolute atomic E-state index is 0.0414. The van der Waals surface area contributed by atoms with Gasteiger partial charge in [-0.3, -0.25) is 0 Å². The first kappa shape index (κ1) is 11.2. The fraction of sp³-hybridized carbons (Fsp3) is 0.167. The Morgan fingerprint density at radius 1 is 1.35 bits per heavy atom. The van der Waals surface area contributed by atoms with Crippen molar-refractivity contribution in [2.24, 2.45) is 0 Å². The maximum atomic E-state index is 11.5. The molecule has 1 aromatic rings. The first-order chi connectivity index (χ1) is 8.25. The van der Waals surface area contributed by atoms with Crippen molar-refractivity contribution in [1.82, 2.24) is 0 Å². The third-order valence-corrected chi connectivity index (χ3v) is 2.08. The molecule has 88 valence electrons. The third-order valence-electron chi connectivity index (χ3n) is 2.08. The molecule has 0 aromatic heterocycles. The lowest BCUT2D eigenvalue weighted by Gasteiger charge is -2.01. The summed E-state index contributed by atoms with van der Waals surface area (Å²) < 4.78 is 14.2. The molecule has 1 aliphatic rings. The quantitative estimate of drug-likeness (QED) is 0.747. The van der Waals surface area contributed by atoms with E-state index in [-0.39, 0.29) is 13.2 Å². The number of hydrogen-bond acceptors (Lipinski definition) is 5. The number of ether oxygens (including phenoxy) is 3. The summed E-state index contributed by atoms with van der Waals surface area (Å²) in [5.74, 6) is -0.0662. The molecule has 0 radical (unpaired) electrons. The second kappa shape index (κ2) is 5.16. The van der Waals surface area contributed by atoms with E-state index in [1.165, 1.54) is 6.08 Å². The van der Waals surface area contributed by atoms with Crippen LogP contribution in [-0.2, 0) is 14.2 Å². The smallest absolute Gasteiger partial charge is 0.458 e. The molecule has 0 saturated carbocycles. The van der Waals surface area contributed by atoms with Gasteiger partial charge in [0, 0.05) is 0 Å². The minimum atomic E-state index is -0.731. The van der Waals surface area contributed by atoms with Crippen molar-refractivity contribution in [2.75, 3.05) is 13.2 Å². The molecule has 17 heavy (non-hydrogen) atoms. The summed E-state index contributed by atoms with van der Waals surface area (Å²) in [6, 6.07) is 8.64. The summed E-state index contributed by atoms with van der Waals surface area (Å²) in [5.41, 5.74) is 0.477. The van der Waals surface area contributed by atoms with Crippen molar-refractivity contribution in [3.05, 3.63) is 47.7 Å². The van der Waals surface area contributed by atoms with Gasteiger partial charge in [0.05, 0.1) is 5.56 Å². The van der Waals surface area contributed by atoms with Crippen molar-refractivity contribution in [3.63, 3.8) is 0 Å². The molecular weight excluding hydrogens is 224 g/mol.